The van der Waals surface area contributed by atoms with Crippen LogP contribution in [0.15, 0.2) is 47.3 Å². The first-order valence-corrected chi connectivity index (χ1v) is 11.4. The highest BCUT2D eigenvalue weighted by atomic mass is 16.3. The molecule has 8 heteroatoms. The summed E-state index contributed by atoms with van der Waals surface area (Å²) in [6.45, 7) is 7.68. The summed E-state index contributed by atoms with van der Waals surface area (Å²) >= 11 is 0. The van der Waals surface area contributed by atoms with Crippen LogP contribution >= 0.6 is 0 Å². The van der Waals surface area contributed by atoms with Gasteiger partial charge in [0.1, 0.15) is 5.75 Å². The average Bonchev–Trinajstić information content (AvgIpc) is 3.03. The van der Waals surface area contributed by atoms with Crippen molar-refractivity contribution in [1.29, 1.82) is 0 Å². The molecule has 1 aliphatic heterocycles. The number of β-amino-alcohol motifs (C(OH)–C–C–N with tert-alkyl or cyclic N) is 1. The standard InChI is InChI=1S/C25H29N5O3/c1-17-12-24-26-27-25(33)30(24)22-14-21(23(32)15-20(17)22)19-5-2-4-18(13-19)16-29-7-3-6-28(8-9-29)10-11-31/h2,4-5,12-15,31-32H,3,6-11,16H2,1H3,(H,27,33). The van der Waals surface area contributed by atoms with Crippen molar-refractivity contribution in [2.24, 2.45) is 0 Å². The molecule has 2 aromatic carbocycles. The molecule has 2 aromatic heterocycles. The number of hydrogen-bond donors (Lipinski definition) is 3. The Kier molecular flexibility index (Phi) is 5.88. The number of aliphatic hydroxyl groups is 1. The van der Waals surface area contributed by atoms with Crippen molar-refractivity contribution in [3.05, 3.63) is 64.1 Å². The number of aromatic nitrogens is 3. The van der Waals surface area contributed by atoms with Crippen LogP contribution in [0.1, 0.15) is 17.5 Å². The average molecular weight is 448 g/mol. The summed E-state index contributed by atoms with van der Waals surface area (Å²) in [5, 5.41) is 27.5. The highest BCUT2D eigenvalue weighted by molar-refractivity contribution is 5.92. The molecule has 1 aliphatic rings. The van der Waals surface area contributed by atoms with E-state index in [2.05, 4.69) is 32.1 Å². The number of benzene rings is 2. The van der Waals surface area contributed by atoms with Gasteiger partial charge in [0.2, 0.25) is 0 Å². The minimum absolute atomic E-state index is 0.188. The molecule has 5 rings (SSSR count). The Morgan fingerprint density at radius 3 is 2.73 bits per heavy atom. The lowest BCUT2D eigenvalue weighted by molar-refractivity contribution is 0.196. The van der Waals surface area contributed by atoms with Crippen molar-refractivity contribution in [2.75, 3.05) is 39.3 Å². The molecule has 0 radical (unpaired) electrons. The fourth-order valence-corrected chi connectivity index (χ4v) is 4.86. The van der Waals surface area contributed by atoms with Gasteiger partial charge in [-0.1, -0.05) is 18.2 Å². The first-order valence-electron chi connectivity index (χ1n) is 11.4. The van der Waals surface area contributed by atoms with Gasteiger partial charge in [0, 0.05) is 37.1 Å². The second kappa shape index (κ2) is 8.97. The van der Waals surface area contributed by atoms with Crippen LogP contribution in [-0.4, -0.2) is 73.9 Å². The van der Waals surface area contributed by atoms with Gasteiger partial charge in [0.15, 0.2) is 5.65 Å². The topological polar surface area (TPSA) is 97.1 Å². The fraction of sp³-hybridized carbons (Fsp3) is 0.360. The molecule has 8 nitrogen and oxygen atoms in total. The van der Waals surface area contributed by atoms with E-state index in [9.17, 15) is 15.0 Å². The van der Waals surface area contributed by atoms with E-state index in [0.29, 0.717) is 11.2 Å². The summed E-state index contributed by atoms with van der Waals surface area (Å²) in [5.74, 6) is 0.188. The van der Waals surface area contributed by atoms with E-state index in [1.807, 2.05) is 31.2 Å². The zero-order valence-corrected chi connectivity index (χ0v) is 18.8. The van der Waals surface area contributed by atoms with Crippen molar-refractivity contribution in [2.45, 2.75) is 19.9 Å². The zero-order chi connectivity index (χ0) is 22.9. The SMILES string of the molecule is Cc1cc2n[nH]c(=O)n2c2cc(-c3cccc(CN4CCCN(CCO)CC4)c3)c(O)cc12. The molecule has 4 aromatic rings. The van der Waals surface area contributed by atoms with Crippen molar-refractivity contribution in [1.82, 2.24) is 24.4 Å². The van der Waals surface area contributed by atoms with Gasteiger partial charge < -0.3 is 10.2 Å². The third-order valence-electron chi connectivity index (χ3n) is 6.57. The number of H-pyrrole nitrogens is 1. The van der Waals surface area contributed by atoms with Crippen molar-refractivity contribution in [3.8, 4) is 16.9 Å². The maximum atomic E-state index is 12.4. The normalized spacial score (nSPS) is 15.9. The van der Waals surface area contributed by atoms with Gasteiger partial charge in [0.05, 0.1) is 12.1 Å². The Bertz CT molecular complexity index is 1360. The largest absolute Gasteiger partial charge is 0.507 e. The molecular formula is C25H29N5O3. The number of hydrogen-bond acceptors (Lipinski definition) is 6. The number of pyridine rings is 1. The van der Waals surface area contributed by atoms with E-state index >= 15 is 0 Å². The number of phenolic OH excluding ortho intramolecular Hbond substituents is 1. The Morgan fingerprint density at radius 2 is 1.88 bits per heavy atom. The lowest BCUT2D eigenvalue weighted by Crippen LogP contribution is -2.32. The minimum Gasteiger partial charge on any atom is -0.507 e. The summed E-state index contributed by atoms with van der Waals surface area (Å²) in [7, 11) is 0. The Labute approximate surface area is 191 Å². The number of aryl methyl sites for hydroxylation is 1. The van der Waals surface area contributed by atoms with E-state index in [4.69, 9.17) is 0 Å². The number of nitrogens with zero attached hydrogens (tertiary/aromatic N) is 4. The van der Waals surface area contributed by atoms with E-state index in [1.54, 1.807) is 10.5 Å². The van der Waals surface area contributed by atoms with Crippen LogP contribution in [0.25, 0.3) is 27.7 Å². The number of fused-ring (bicyclic) bond motifs is 3. The van der Waals surface area contributed by atoms with Gasteiger partial charge >= 0.3 is 5.69 Å². The van der Waals surface area contributed by atoms with Crippen LogP contribution in [0.5, 0.6) is 5.75 Å². The first kappa shape index (κ1) is 21.6. The first-order chi connectivity index (χ1) is 16.0. The Morgan fingerprint density at radius 1 is 1.06 bits per heavy atom. The molecule has 3 N–H and O–H groups in total. The molecule has 0 atom stereocenters. The third kappa shape index (κ3) is 4.25. The number of nitrogens with one attached hydrogen (secondary N) is 1. The second-order valence-electron chi connectivity index (χ2n) is 8.83. The van der Waals surface area contributed by atoms with Crippen LogP contribution in [0.3, 0.4) is 0 Å². The van der Waals surface area contributed by atoms with Crippen LogP contribution in [-0.2, 0) is 6.54 Å². The number of rotatable bonds is 5. The predicted molar refractivity (Wildman–Crippen MR) is 129 cm³/mol. The highest BCUT2D eigenvalue weighted by Gasteiger charge is 2.16. The Hall–Kier alpha value is -3.20. The quantitative estimate of drug-likeness (QED) is 0.435. The van der Waals surface area contributed by atoms with E-state index in [0.717, 1.165) is 67.7 Å². The predicted octanol–water partition coefficient (Wildman–Crippen LogP) is 2.36. The molecule has 0 bridgehead atoms. The van der Waals surface area contributed by atoms with Crippen molar-refractivity contribution >= 4 is 16.6 Å². The molecule has 0 saturated carbocycles. The van der Waals surface area contributed by atoms with Gasteiger partial charge in [-0.05, 0) is 67.4 Å². The fourth-order valence-electron chi connectivity index (χ4n) is 4.86. The van der Waals surface area contributed by atoms with Crippen molar-refractivity contribution in [3.63, 3.8) is 0 Å². The number of aromatic amines is 1. The third-order valence-corrected chi connectivity index (χ3v) is 6.57. The van der Waals surface area contributed by atoms with E-state index in [1.165, 1.54) is 5.56 Å². The van der Waals surface area contributed by atoms with Crippen molar-refractivity contribution < 1.29 is 10.2 Å². The maximum Gasteiger partial charge on any atom is 0.348 e. The summed E-state index contributed by atoms with van der Waals surface area (Å²) < 4.78 is 1.55. The molecule has 0 aliphatic carbocycles. The molecular weight excluding hydrogens is 418 g/mol. The monoisotopic (exact) mass is 447 g/mol. The summed E-state index contributed by atoms with van der Waals surface area (Å²) in [5.41, 5.74) is 4.71. The number of phenols is 1. The number of aromatic hydroxyl groups is 1. The highest BCUT2D eigenvalue weighted by Crippen LogP contribution is 2.35. The van der Waals surface area contributed by atoms with Gasteiger partial charge in [-0.15, -0.1) is 0 Å². The van der Waals surface area contributed by atoms with Gasteiger partial charge in [0.25, 0.3) is 0 Å². The van der Waals surface area contributed by atoms with Crippen LogP contribution in [0, 0.1) is 6.92 Å². The molecule has 3 heterocycles. The lowest BCUT2D eigenvalue weighted by atomic mass is 9.98. The minimum atomic E-state index is -0.295. The number of aliphatic hydroxyl groups excluding tert-OH is 1. The summed E-state index contributed by atoms with van der Waals surface area (Å²) in [6, 6.07) is 13.7. The molecule has 172 valence electrons. The molecule has 0 amide bonds. The van der Waals surface area contributed by atoms with Gasteiger partial charge in [-0.2, -0.15) is 5.10 Å². The van der Waals surface area contributed by atoms with E-state index < -0.39 is 0 Å². The molecule has 0 unspecified atom stereocenters. The zero-order valence-electron chi connectivity index (χ0n) is 18.8. The summed E-state index contributed by atoms with van der Waals surface area (Å²) in [4.78, 5) is 17.1. The smallest absolute Gasteiger partial charge is 0.348 e. The maximum absolute atomic E-state index is 12.4. The van der Waals surface area contributed by atoms with Crippen LogP contribution < -0.4 is 5.69 Å². The van der Waals surface area contributed by atoms with Crippen LogP contribution in [0.2, 0.25) is 0 Å². The lowest BCUT2D eigenvalue weighted by Gasteiger charge is -2.21. The van der Waals surface area contributed by atoms with Gasteiger partial charge in [-0.3, -0.25) is 9.80 Å². The molecule has 1 fully saturated rings. The van der Waals surface area contributed by atoms with Crippen LogP contribution in [0.4, 0.5) is 0 Å². The molecule has 1 saturated heterocycles. The second-order valence-corrected chi connectivity index (χ2v) is 8.83. The molecule has 0 spiro atoms. The van der Waals surface area contributed by atoms with Gasteiger partial charge in [-0.25, -0.2) is 14.3 Å². The van der Waals surface area contributed by atoms with E-state index in [-0.39, 0.29) is 18.0 Å². The summed E-state index contributed by atoms with van der Waals surface area (Å²) in [6.07, 6.45) is 1.08. The molecule has 33 heavy (non-hydrogen) atoms. The Balaban J connectivity index is 1.48.